The molecule has 0 heterocycles. The number of fused-ring (bicyclic) bond motifs is 3. The molecule has 160 valence electrons. The second kappa shape index (κ2) is 12.1. The van der Waals surface area contributed by atoms with Crippen LogP contribution in [-0.4, -0.2) is 0 Å². The van der Waals surface area contributed by atoms with Crippen LogP contribution in [0.3, 0.4) is 0 Å². The van der Waals surface area contributed by atoms with Gasteiger partial charge in [0.25, 0.3) is 0 Å². The van der Waals surface area contributed by atoms with Gasteiger partial charge in [0.05, 0.1) is 0 Å². The molecule has 0 saturated heterocycles. The summed E-state index contributed by atoms with van der Waals surface area (Å²) in [6, 6.07) is 38.2. The molecule has 5 rings (SSSR count). The van der Waals surface area contributed by atoms with E-state index >= 15 is 0 Å². The van der Waals surface area contributed by atoms with Gasteiger partial charge in [0.15, 0.2) is 0 Å². The monoisotopic (exact) mass is 681 g/mol. The standard InChI is InChI=1S/C32H31.2Cs/c1-5-32(4,26-14-10-7-11-15-26)28-17-19-30-24(22-28)20-23-21-27(16-18-29(23)30)31(2,3)25-12-8-6-9-13-25;;/h6-22H,5H2,1-4H3;;/q-1;2*+1. The Hall–Kier alpha value is 0.854. The minimum absolute atomic E-state index is 0. The summed E-state index contributed by atoms with van der Waals surface area (Å²) >= 11 is 0. The second-order valence-corrected chi connectivity index (χ2v) is 9.79. The van der Waals surface area contributed by atoms with Crippen molar-refractivity contribution >= 4 is 21.5 Å². The van der Waals surface area contributed by atoms with E-state index in [1.165, 1.54) is 43.8 Å². The SMILES string of the molecule is CCC(C)(c1ccccc1)c1ccc2c(c1)[cH-]c1cc(C(C)(C)c3ccccc3)ccc12.[Cs+].[Cs+]. The fraction of sp³-hybridized carbons (Fsp3) is 0.219. The molecular weight excluding hydrogens is 650 g/mol. The molecule has 0 aliphatic heterocycles. The van der Waals surface area contributed by atoms with E-state index in [1.807, 2.05) is 0 Å². The zero-order valence-corrected chi connectivity index (χ0v) is 34.1. The summed E-state index contributed by atoms with van der Waals surface area (Å²) < 4.78 is 0. The summed E-state index contributed by atoms with van der Waals surface area (Å²) in [5.41, 5.74) is 5.45. The summed E-state index contributed by atoms with van der Waals surface area (Å²) in [5.74, 6) is 0. The summed E-state index contributed by atoms with van der Waals surface area (Å²) in [5, 5.41) is 5.36. The Morgan fingerprint density at radius 3 is 1.56 bits per heavy atom. The molecule has 5 aromatic rings. The third-order valence-electron chi connectivity index (χ3n) is 7.68. The molecule has 0 nitrogen and oxygen atoms in total. The van der Waals surface area contributed by atoms with Gasteiger partial charge in [0.1, 0.15) is 0 Å². The Morgan fingerprint density at radius 2 is 1.03 bits per heavy atom. The molecule has 0 aliphatic carbocycles. The van der Waals surface area contributed by atoms with Gasteiger partial charge in [0.2, 0.25) is 0 Å². The predicted octanol–water partition coefficient (Wildman–Crippen LogP) is 2.76. The van der Waals surface area contributed by atoms with Crippen LogP contribution >= 0.6 is 0 Å². The van der Waals surface area contributed by atoms with Crippen molar-refractivity contribution in [3.05, 3.63) is 125 Å². The minimum atomic E-state index is -0.0296. The Bertz CT molecular complexity index is 1380. The molecular formula is C32H31Cs2+. The molecule has 1 atom stereocenters. The van der Waals surface area contributed by atoms with Crippen molar-refractivity contribution in [3.63, 3.8) is 0 Å². The summed E-state index contributed by atoms with van der Waals surface area (Å²) in [7, 11) is 0. The van der Waals surface area contributed by atoms with Crippen LogP contribution in [0.25, 0.3) is 21.5 Å². The average Bonchev–Trinajstić information content (AvgIpc) is 3.21. The van der Waals surface area contributed by atoms with Gasteiger partial charge in [-0.1, -0.05) is 124 Å². The van der Waals surface area contributed by atoms with Gasteiger partial charge < -0.3 is 0 Å². The molecule has 0 N–H and O–H groups in total. The zero-order valence-electron chi connectivity index (χ0n) is 21.5. The van der Waals surface area contributed by atoms with E-state index in [1.54, 1.807) is 0 Å². The smallest absolute Gasteiger partial charge is 0.126 e. The molecule has 0 saturated carbocycles. The van der Waals surface area contributed by atoms with Gasteiger partial charge in [-0.25, -0.2) is 0 Å². The van der Waals surface area contributed by atoms with E-state index in [4.69, 9.17) is 0 Å². The molecule has 0 bridgehead atoms. The van der Waals surface area contributed by atoms with Crippen LogP contribution < -0.4 is 138 Å². The van der Waals surface area contributed by atoms with Gasteiger partial charge in [-0.15, -0.1) is 39.7 Å². The molecule has 0 spiro atoms. The van der Waals surface area contributed by atoms with Crippen molar-refractivity contribution in [2.75, 3.05) is 0 Å². The van der Waals surface area contributed by atoms with E-state index in [0.717, 1.165) is 6.42 Å². The maximum Gasteiger partial charge on any atom is 1.00 e. The van der Waals surface area contributed by atoms with Crippen molar-refractivity contribution in [2.24, 2.45) is 0 Å². The molecule has 1 unspecified atom stereocenters. The van der Waals surface area contributed by atoms with Crippen LogP contribution in [-0.2, 0) is 10.8 Å². The van der Waals surface area contributed by atoms with Crippen LogP contribution in [0.1, 0.15) is 56.4 Å². The first-order chi connectivity index (χ1) is 15.4. The number of benzene rings is 4. The zero-order chi connectivity index (χ0) is 22.3. The van der Waals surface area contributed by atoms with E-state index in [9.17, 15) is 0 Å². The second-order valence-electron chi connectivity index (χ2n) is 9.79. The summed E-state index contributed by atoms with van der Waals surface area (Å²) in [6.07, 6.45) is 1.07. The fourth-order valence-electron chi connectivity index (χ4n) is 5.16. The summed E-state index contributed by atoms with van der Waals surface area (Å²) in [4.78, 5) is 0. The predicted molar refractivity (Wildman–Crippen MR) is 139 cm³/mol. The molecule has 0 amide bonds. The molecule has 0 radical (unpaired) electrons. The number of hydrogen-bond acceptors (Lipinski definition) is 0. The van der Waals surface area contributed by atoms with Crippen LogP contribution in [0.15, 0.2) is 103 Å². The Labute approximate surface area is 322 Å². The molecule has 0 aromatic heterocycles. The van der Waals surface area contributed by atoms with Gasteiger partial charge in [-0.2, -0.15) is 0 Å². The quantitative estimate of drug-likeness (QED) is 0.251. The molecule has 5 aromatic carbocycles. The minimum Gasteiger partial charge on any atom is -0.126 e. The van der Waals surface area contributed by atoms with E-state index in [0.29, 0.717) is 0 Å². The van der Waals surface area contributed by atoms with Crippen molar-refractivity contribution in [1.29, 1.82) is 0 Å². The first-order valence-electron chi connectivity index (χ1n) is 11.7. The van der Waals surface area contributed by atoms with Gasteiger partial charge in [-0.05, 0) is 17.5 Å². The molecule has 0 aliphatic rings. The first kappa shape index (κ1) is 29.4. The third kappa shape index (κ3) is 5.50. The van der Waals surface area contributed by atoms with Crippen LogP contribution in [0.2, 0.25) is 0 Å². The van der Waals surface area contributed by atoms with Gasteiger partial charge in [-0.3, -0.25) is 0 Å². The maximum absolute atomic E-state index is 2.41. The summed E-state index contributed by atoms with van der Waals surface area (Å²) in [6.45, 7) is 9.29. The molecule has 2 heteroatoms. The topological polar surface area (TPSA) is 0 Å². The molecule has 0 fully saturated rings. The Balaban J connectivity index is 0.00000162. The maximum atomic E-state index is 2.41. The van der Waals surface area contributed by atoms with Crippen molar-refractivity contribution < 1.29 is 138 Å². The Morgan fingerprint density at radius 1 is 0.559 bits per heavy atom. The van der Waals surface area contributed by atoms with Crippen LogP contribution in [0.4, 0.5) is 0 Å². The normalized spacial score (nSPS) is 13.2. The number of hydrogen-bond donors (Lipinski definition) is 0. The van der Waals surface area contributed by atoms with Crippen molar-refractivity contribution in [3.8, 4) is 0 Å². The number of rotatable bonds is 5. The third-order valence-corrected chi connectivity index (χ3v) is 7.68. The van der Waals surface area contributed by atoms with E-state index < -0.39 is 0 Å². The van der Waals surface area contributed by atoms with Gasteiger partial charge >= 0.3 is 138 Å². The first-order valence-corrected chi connectivity index (χ1v) is 11.7. The molecule has 34 heavy (non-hydrogen) atoms. The average molecular weight is 681 g/mol. The van der Waals surface area contributed by atoms with Crippen LogP contribution in [0.5, 0.6) is 0 Å². The van der Waals surface area contributed by atoms with Crippen LogP contribution in [0, 0.1) is 0 Å². The Kier molecular flexibility index (Phi) is 10.5. The fourth-order valence-corrected chi connectivity index (χ4v) is 5.16. The largest absolute Gasteiger partial charge is 1.00 e. The van der Waals surface area contributed by atoms with E-state index in [-0.39, 0.29) is 149 Å². The van der Waals surface area contributed by atoms with Gasteiger partial charge in [0, 0.05) is 10.8 Å². The van der Waals surface area contributed by atoms with Crippen molar-refractivity contribution in [1.82, 2.24) is 0 Å². The van der Waals surface area contributed by atoms with E-state index in [2.05, 4.69) is 131 Å². The van der Waals surface area contributed by atoms with Crippen molar-refractivity contribution in [2.45, 2.75) is 44.9 Å².